The number of urea groups is 1. The fraction of sp³-hybridized carbons (Fsp3) is 0.800. The van der Waals surface area contributed by atoms with Crippen LogP contribution in [-0.2, 0) is 4.79 Å². The van der Waals surface area contributed by atoms with Crippen molar-refractivity contribution in [3.8, 4) is 0 Å². The Kier molecular flexibility index (Phi) is 6.50. The van der Waals surface area contributed by atoms with Crippen LogP contribution in [0.1, 0.15) is 26.7 Å². The van der Waals surface area contributed by atoms with Crippen LogP contribution in [0.4, 0.5) is 18.0 Å². The topological polar surface area (TPSA) is 78.4 Å². The van der Waals surface area contributed by atoms with Gasteiger partial charge in [0.2, 0.25) is 0 Å². The molecule has 0 aromatic heterocycles. The molecule has 2 unspecified atom stereocenters. The van der Waals surface area contributed by atoms with Gasteiger partial charge in [0.15, 0.2) is 0 Å². The molecule has 0 saturated heterocycles. The lowest BCUT2D eigenvalue weighted by Crippen LogP contribution is -2.52. The molecule has 0 radical (unpaired) electrons. The predicted molar refractivity (Wildman–Crippen MR) is 58.1 cm³/mol. The summed E-state index contributed by atoms with van der Waals surface area (Å²) in [6, 6.07) is -2.95. The van der Waals surface area contributed by atoms with Crippen LogP contribution in [0.5, 0.6) is 0 Å². The summed E-state index contributed by atoms with van der Waals surface area (Å²) in [6.45, 7) is 2.76. The number of halogens is 3. The van der Waals surface area contributed by atoms with Crippen LogP contribution in [0.3, 0.4) is 0 Å². The van der Waals surface area contributed by atoms with E-state index < -0.39 is 30.1 Å². The zero-order valence-corrected chi connectivity index (χ0v) is 10.2. The van der Waals surface area contributed by atoms with Gasteiger partial charge in [0.1, 0.15) is 6.04 Å². The molecule has 0 aliphatic rings. The van der Waals surface area contributed by atoms with Gasteiger partial charge in [-0.25, -0.2) is 4.79 Å². The Morgan fingerprint density at radius 3 is 2.28 bits per heavy atom. The summed E-state index contributed by atoms with van der Waals surface area (Å²) in [5, 5.41) is 12.2. The Balaban J connectivity index is 4.33. The molecule has 0 spiro atoms. The number of carboxylic acids is 1. The zero-order valence-electron chi connectivity index (χ0n) is 10.2. The molecule has 0 aliphatic heterocycles. The fourth-order valence-electron chi connectivity index (χ4n) is 1.26. The van der Waals surface area contributed by atoms with Crippen molar-refractivity contribution in [1.29, 1.82) is 0 Å². The molecule has 106 valence electrons. The third-order valence-corrected chi connectivity index (χ3v) is 2.48. The summed E-state index contributed by atoms with van der Waals surface area (Å²) in [5.74, 6) is -1.89. The number of aliphatic carboxylic acids is 1. The smallest absolute Gasteiger partial charge is 0.408 e. The number of amides is 2. The summed E-state index contributed by atoms with van der Waals surface area (Å²) < 4.78 is 37.9. The van der Waals surface area contributed by atoms with Gasteiger partial charge in [0, 0.05) is 6.54 Å². The molecule has 2 atom stereocenters. The van der Waals surface area contributed by atoms with E-state index in [1.54, 1.807) is 6.92 Å². The first kappa shape index (κ1) is 16.5. The Hall–Kier alpha value is -1.47. The molecule has 0 rings (SSSR count). The van der Waals surface area contributed by atoms with E-state index in [0.717, 1.165) is 0 Å². The number of carbonyl (C=O) groups excluding carboxylic acids is 1. The molecule has 0 aromatic carbocycles. The van der Waals surface area contributed by atoms with E-state index in [9.17, 15) is 22.8 Å². The Morgan fingerprint density at radius 2 is 1.89 bits per heavy atom. The normalized spacial score (nSPS) is 14.7. The maximum absolute atomic E-state index is 12.6. The van der Waals surface area contributed by atoms with E-state index in [-0.39, 0.29) is 19.4 Å². The lowest BCUT2D eigenvalue weighted by molar-refractivity contribution is -0.163. The minimum absolute atomic E-state index is 0.216. The number of hydrogen-bond donors (Lipinski definition) is 3. The van der Waals surface area contributed by atoms with Crippen LogP contribution in [0.2, 0.25) is 0 Å². The van der Waals surface area contributed by atoms with Gasteiger partial charge in [-0.15, -0.1) is 0 Å². The molecule has 0 aromatic rings. The molecule has 0 bridgehead atoms. The third-order valence-electron chi connectivity index (χ3n) is 2.48. The minimum Gasteiger partial charge on any atom is -0.481 e. The minimum atomic E-state index is -4.53. The van der Waals surface area contributed by atoms with E-state index in [0.29, 0.717) is 0 Å². The van der Waals surface area contributed by atoms with Gasteiger partial charge in [0.25, 0.3) is 0 Å². The number of carbonyl (C=O) groups is 2. The summed E-state index contributed by atoms with van der Waals surface area (Å²) in [4.78, 5) is 21.4. The van der Waals surface area contributed by atoms with Crippen molar-refractivity contribution in [2.45, 2.75) is 38.9 Å². The lowest BCUT2D eigenvalue weighted by atomic mass is 9.99. The Morgan fingerprint density at radius 1 is 1.33 bits per heavy atom. The molecule has 0 heterocycles. The largest absolute Gasteiger partial charge is 0.481 e. The van der Waals surface area contributed by atoms with E-state index in [1.165, 1.54) is 6.92 Å². The fourth-order valence-corrected chi connectivity index (χ4v) is 1.26. The van der Waals surface area contributed by atoms with Crippen LogP contribution < -0.4 is 10.6 Å². The standard InChI is InChI=1S/C10H17F3N2O3/c1-3-6(2)8(10(11,12)13)15-9(18)14-5-4-7(16)17/h6,8H,3-5H2,1-2H3,(H,16,17)(H2,14,15,18). The van der Waals surface area contributed by atoms with Gasteiger partial charge in [-0.05, 0) is 5.92 Å². The highest BCUT2D eigenvalue weighted by Gasteiger charge is 2.43. The highest BCUT2D eigenvalue weighted by molar-refractivity contribution is 5.75. The highest BCUT2D eigenvalue weighted by Crippen LogP contribution is 2.27. The van der Waals surface area contributed by atoms with Gasteiger partial charge in [-0.3, -0.25) is 4.79 Å². The van der Waals surface area contributed by atoms with Gasteiger partial charge in [-0.2, -0.15) is 13.2 Å². The molecular weight excluding hydrogens is 253 g/mol. The number of nitrogens with one attached hydrogen (secondary N) is 2. The summed E-state index contributed by atoms with van der Waals surface area (Å²) in [5.41, 5.74) is 0. The van der Waals surface area contributed by atoms with Gasteiger partial charge in [0.05, 0.1) is 6.42 Å². The number of carboxylic acid groups (broad SMARTS) is 1. The van der Waals surface area contributed by atoms with Crippen molar-refractivity contribution < 1.29 is 27.9 Å². The van der Waals surface area contributed by atoms with Gasteiger partial charge < -0.3 is 15.7 Å². The van der Waals surface area contributed by atoms with Crippen LogP contribution >= 0.6 is 0 Å². The molecule has 18 heavy (non-hydrogen) atoms. The highest BCUT2D eigenvalue weighted by atomic mass is 19.4. The SMILES string of the molecule is CCC(C)C(NC(=O)NCCC(=O)O)C(F)(F)F. The predicted octanol–water partition coefficient (Wildman–Crippen LogP) is 1.74. The summed E-state index contributed by atoms with van der Waals surface area (Å²) in [7, 11) is 0. The number of alkyl halides is 3. The maximum atomic E-state index is 12.6. The molecular formula is C10H17F3N2O3. The van der Waals surface area contributed by atoms with Crippen LogP contribution in [-0.4, -0.2) is 35.9 Å². The third kappa shape index (κ3) is 6.31. The van der Waals surface area contributed by atoms with Gasteiger partial charge in [-0.1, -0.05) is 20.3 Å². The Bertz CT molecular complexity index is 295. The first-order valence-corrected chi connectivity index (χ1v) is 5.51. The maximum Gasteiger partial charge on any atom is 0.408 e. The molecule has 5 nitrogen and oxygen atoms in total. The summed E-state index contributed by atoms with van der Waals surface area (Å²) in [6.07, 6.45) is -4.60. The van der Waals surface area contributed by atoms with E-state index in [1.807, 2.05) is 5.32 Å². The van der Waals surface area contributed by atoms with E-state index in [4.69, 9.17) is 5.11 Å². The Labute approximate surface area is 103 Å². The quantitative estimate of drug-likeness (QED) is 0.688. The second kappa shape index (κ2) is 7.07. The monoisotopic (exact) mass is 270 g/mol. The second-order valence-electron chi connectivity index (χ2n) is 3.95. The molecule has 0 aliphatic carbocycles. The molecule has 2 amide bonds. The number of rotatable bonds is 6. The van der Waals surface area contributed by atoms with Crippen molar-refractivity contribution in [2.24, 2.45) is 5.92 Å². The van der Waals surface area contributed by atoms with E-state index >= 15 is 0 Å². The average molecular weight is 270 g/mol. The first-order chi connectivity index (χ1) is 8.18. The van der Waals surface area contributed by atoms with Crippen LogP contribution in [0.25, 0.3) is 0 Å². The molecule has 0 fully saturated rings. The number of hydrogen-bond acceptors (Lipinski definition) is 2. The van der Waals surface area contributed by atoms with Crippen molar-refractivity contribution in [1.82, 2.24) is 10.6 Å². The first-order valence-electron chi connectivity index (χ1n) is 5.51. The van der Waals surface area contributed by atoms with E-state index in [2.05, 4.69) is 5.32 Å². The molecule has 0 saturated carbocycles. The molecule has 8 heteroatoms. The van der Waals surface area contributed by atoms with Crippen molar-refractivity contribution in [3.63, 3.8) is 0 Å². The molecule has 3 N–H and O–H groups in total. The lowest BCUT2D eigenvalue weighted by Gasteiger charge is -2.26. The second-order valence-corrected chi connectivity index (χ2v) is 3.95. The van der Waals surface area contributed by atoms with Crippen molar-refractivity contribution in [2.75, 3.05) is 6.54 Å². The van der Waals surface area contributed by atoms with Crippen LogP contribution in [0.15, 0.2) is 0 Å². The van der Waals surface area contributed by atoms with Gasteiger partial charge >= 0.3 is 18.2 Å². The van der Waals surface area contributed by atoms with Crippen molar-refractivity contribution in [3.05, 3.63) is 0 Å². The van der Waals surface area contributed by atoms with Crippen LogP contribution in [0, 0.1) is 5.92 Å². The summed E-state index contributed by atoms with van der Waals surface area (Å²) >= 11 is 0. The average Bonchev–Trinajstić information content (AvgIpc) is 2.22. The zero-order chi connectivity index (χ0) is 14.3. The van der Waals surface area contributed by atoms with Crippen molar-refractivity contribution >= 4 is 12.0 Å².